The number of hydrogen-bond acceptors (Lipinski definition) is 6. The molecule has 1 aliphatic heterocycles. The Labute approximate surface area is 188 Å². The molecule has 0 atom stereocenters. The third-order valence-electron chi connectivity index (χ3n) is 6.04. The first-order valence-electron chi connectivity index (χ1n) is 11.3. The van der Waals surface area contributed by atoms with Gasteiger partial charge in [0.25, 0.3) is 0 Å². The second-order valence-electron chi connectivity index (χ2n) is 8.63. The quantitative estimate of drug-likeness (QED) is 0.409. The van der Waals surface area contributed by atoms with Gasteiger partial charge < -0.3 is 14.4 Å². The largest absolute Gasteiger partial charge is 0.494 e. The van der Waals surface area contributed by atoms with Gasteiger partial charge in [-0.3, -0.25) is 9.38 Å². The molecule has 0 radical (unpaired) electrons. The minimum Gasteiger partial charge on any atom is -0.494 e. The first-order valence-corrected chi connectivity index (χ1v) is 11.3. The van der Waals surface area contributed by atoms with Crippen LogP contribution < -0.4 is 4.74 Å². The van der Waals surface area contributed by atoms with Crippen molar-refractivity contribution in [2.75, 3.05) is 40.5 Å². The van der Waals surface area contributed by atoms with Gasteiger partial charge in [-0.2, -0.15) is 0 Å². The third-order valence-corrected chi connectivity index (χ3v) is 6.04. The van der Waals surface area contributed by atoms with Gasteiger partial charge in [-0.1, -0.05) is 18.2 Å². The molecule has 0 spiro atoms. The van der Waals surface area contributed by atoms with Crippen molar-refractivity contribution in [1.29, 1.82) is 0 Å². The third kappa shape index (κ3) is 4.31. The van der Waals surface area contributed by atoms with Crippen LogP contribution >= 0.6 is 0 Å². The molecule has 3 heterocycles. The molecular weight excluding hydrogens is 402 g/mol. The maximum absolute atomic E-state index is 5.88. The van der Waals surface area contributed by atoms with E-state index in [4.69, 9.17) is 9.47 Å². The van der Waals surface area contributed by atoms with Crippen LogP contribution in [0.2, 0.25) is 0 Å². The number of aromatic nitrogens is 4. The van der Waals surface area contributed by atoms with Crippen molar-refractivity contribution >= 4 is 16.7 Å². The second-order valence-corrected chi connectivity index (χ2v) is 8.63. The predicted octanol–water partition coefficient (Wildman–Crippen LogP) is 4.17. The lowest BCUT2D eigenvalue weighted by Crippen LogP contribution is -2.16. The summed E-state index contributed by atoms with van der Waals surface area (Å²) < 4.78 is 13.6. The summed E-state index contributed by atoms with van der Waals surface area (Å²) in [4.78, 5) is 6.77. The number of rotatable bonds is 7. The molecule has 7 heteroatoms. The van der Waals surface area contributed by atoms with Gasteiger partial charge in [0.05, 0.1) is 23.8 Å². The van der Waals surface area contributed by atoms with E-state index in [0.717, 1.165) is 85.0 Å². The Kier molecular flexibility index (Phi) is 6.01. The van der Waals surface area contributed by atoms with Gasteiger partial charge in [-0.05, 0) is 68.8 Å². The van der Waals surface area contributed by atoms with Crippen LogP contribution in [0.4, 0.5) is 0 Å². The molecule has 1 saturated heterocycles. The number of hydrogen-bond donors (Lipinski definition) is 0. The van der Waals surface area contributed by atoms with Gasteiger partial charge in [-0.15, -0.1) is 10.2 Å². The van der Waals surface area contributed by atoms with E-state index in [9.17, 15) is 0 Å². The molecule has 2 aromatic heterocycles. The molecule has 1 fully saturated rings. The summed E-state index contributed by atoms with van der Waals surface area (Å²) in [6.45, 7) is 3.30. The topological polar surface area (TPSA) is 64.8 Å². The second kappa shape index (κ2) is 9.22. The summed E-state index contributed by atoms with van der Waals surface area (Å²) in [5, 5.41) is 8.92. The summed E-state index contributed by atoms with van der Waals surface area (Å²) in [7, 11) is 4.15. The van der Waals surface area contributed by atoms with Crippen molar-refractivity contribution in [3.05, 3.63) is 54.5 Å². The van der Waals surface area contributed by atoms with Crippen LogP contribution in [0.25, 0.3) is 27.8 Å². The van der Waals surface area contributed by atoms with Gasteiger partial charge in [-0.25, -0.2) is 0 Å². The molecule has 0 saturated carbocycles. The molecule has 0 aliphatic carbocycles. The Balaban J connectivity index is 1.43. The van der Waals surface area contributed by atoms with Gasteiger partial charge in [0.2, 0.25) is 0 Å². The highest BCUT2D eigenvalue weighted by Crippen LogP contribution is 2.30. The fourth-order valence-electron chi connectivity index (χ4n) is 4.29. The highest BCUT2D eigenvalue weighted by atomic mass is 16.5. The molecular formula is C25H29N5O2. The van der Waals surface area contributed by atoms with E-state index < -0.39 is 0 Å². The zero-order valence-electron chi connectivity index (χ0n) is 18.7. The maximum atomic E-state index is 5.88. The molecule has 7 nitrogen and oxygen atoms in total. The fourth-order valence-corrected chi connectivity index (χ4v) is 4.29. The monoisotopic (exact) mass is 431 g/mol. The van der Waals surface area contributed by atoms with Crippen LogP contribution in [0.5, 0.6) is 5.75 Å². The Morgan fingerprint density at radius 1 is 1.03 bits per heavy atom. The number of benzene rings is 2. The van der Waals surface area contributed by atoms with Crippen LogP contribution in [0.1, 0.15) is 31.0 Å². The molecule has 4 aromatic rings. The molecule has 5 rings (SSSR count). The summed E-state index contributed by atoms with van der Waals surface area (Å²) in [5.74, 6) is 2.27. The van der Waals surface area contributed by atoms with Crippen LogP contribution in [-0.4, -0.2) is 64.9 Å². The van der Waals surface area contributed by atoms with Crippen molar-refractivity contribution in [2.45, 2.75) is 25.2 Å². The maximum Gasteiger partial charge on any atom is 0.179 e. The average Bonchev–Trinajstić information content (AvgIpc) is 3.27. The highest BCUT2D eigenvalue weighted by molar-refractivity contribution is 5.83. The standard InChI is InChI=1S/C25H29N5O2/c1-29(2)12-3-13-32-21-7-4-18(5-8-21)20-6-9-22-23(16-20)30-24(17-26-22)27-28-25(30)19-10-14-31-15-11-19/h4-9,16-17,19H,3,10-15H2,1-2H3. The first-order chi connectivity index (χ1) is 15.7. The fraction of sp³-hybridized carbons (Fsp3) is 0.400. The molecule has 2 aromatic carbocycles. The lowest BCUT2D eigenvalue weighted by atomic mass is 9.99. The minimum atomic E-state index is 0.358. The van der Waals surface area contributed by atoms with E-state index in [2.05, 4.69) is 68.9 Å². The van der Waals surface area contributed by atoms with E-state index in [1.54, 1.807) is 6.20 Å². The molecule has 1 aliphatic rings. The van der Waals surface area contributed by atoms with E-state index in [0.29, 0.717) is 5.92 Å². The van der Waals surface area contributed by atoms with Crippen molar-refractivity contribution in [3.8, 4) is 16.9 Å². The Bertz CT molecular complexity index is 1200. The number of nitrogens with zero attached hydrogens (tertiary/aromatic N) is 5. The summed E-state index contributed by atoms with van der Waals surface area (Å²) in [5.41, 5.74) is 5.05. The lowest BCUT2D eigenvalue weighted by molar-refractivity contribution is 0.0834. The van der Waals surface area contributed by atoms with Crippen LogP contribution in [-0.2, 0) is 4.74 Å². The van der Waals surface area contributed by atoms with Crippen molar-refractivity contribution in [3.63, 3.8) is 0 Å². The number of fused-ring (bicyclic) bond motifs is 3. The zero-order valence-corrected chi connectivity index (χ0v) is 18.7. The minimum absolute atomic E-state index is 0.358. The smallest absolute Gasteiger partial charge is 0.179 e. The summed E-state index contributed by atoms with van der Waals surface area (Å²) in [6, 6.07) is 14.7. The zero-order chi connectivity index (χ0) is 21.9. The van der Waals surface area contributed by atoms with Gasteiger partial charge in [0.15, 0.2) is 5.65 Å². The first kappa shape index (κ1) is 20.8. The molecule has 0 unspecified atom stereocenters. The van der Waals surface area contributed by atoms with Crippen LogP contribution in [0.15, 0.2) is 48.7 Å². The van der Waals surface area contributed by atoms with Gasteiger partial charge >= 0.3 is 0 Å². The van der Waals surface area contributed by atoms with E-state index in [-0.39, 0.29) is 0 Å². The van der Waals surface area contributed by atoms with E-state index in [1.807, 2.05) is 12.1 Å². The molecule has 0 bridgehead atoms. The average molecular weight is 432 g/mol. The van der Waals surface area contributed by atoms with Crippen molar-refractivity contribution < 1.29 is 9.47 Å². The van der Waals surface area contributed by atoms with E-state index >= 15 is 0 Å². The van der Waals surface area contributed by atoms with Crippen molar-refractivity contribution in [2.24, 2.45) is 0 Å². The SMILES string of the molecule is CN(C)CCCOc1ccc(-c2ccc3ncc4nnc(C5CCOCC5)n4c3c2)cc1. The molecule has 0 N–H and O–H groups in total. The highest BCUT2D eigenvalue weighted by Gasteiger charge is 2.22. The summed E-state index contributed by atoms with van der Waals surface area (Å²) in [6.07, 6.45) is 4.76. The van der Waals surface area contributed by atoms with Gasteiger partial charge in [0, 0.05) is 25.7 Å². The van der Waals surface area contributed by atoms with Crippen LogP contribution in [0, 0.1) is 0 Å². The van der Waals surface area contributed by atoms with Crippen LogP contribution in [0.3, 0.4) is 0 Å². The van der Waals surface area contributed by atoms with Gasteiger partial charge in [0.1, 0.15) is 11.6 Å². The normalized spacial score (nSPS) is 15.1. The molecule has 0 amide bonds. The summed E-state index contributed by atoms with van der Waals surface area (Å²) >= 11 is 0. The lowest BCUT2D eigenvalue weighted by Gasteiger charge is -2.20. The Morgan fingerprint density at radius 3 is 2.59 bits per heavy atom. The Morgan fingerprint density at radius 2 is 1.81 bits per heavy atom. The molecule has 166 valence electrons. The van der Waals surface area contributed by atoms with Crippen molar-refractivity contribution in [1.82, 2.24) is 24.5 Å². The predicted molar refractivity (Wildman–Crippen MR) is 125 cm³/mol. The van der Waals surface area contributed by atoms with E-state index in [1.165, 1.54) is 0 Å². The molecule has 32 heavy (non-hydrogen) atoms. The Hall–Kier alpha value is -3.03. The number of ether oxygens (including phenoxy) is 2.